The summed E-state index contributed by atoms with van der Waals surface area (Å²) < 4.78 is 14.4. The summed E-state index contributed by atoms with van der Waals surface area (Å²) in [5, 5.41) is 5.85. The average Bonchev–Trinajstić information content (AvgIpc) is 2.74. The maximum Gasteiger partial charge on any atom is 0.154 e. The molecule has 1 heterocycles. The molecule has 0 amide bonds. The highest BCUT2D eigenvalue weighted by Gasteiger charge is 2.21. The van der Waals surface area contributed by atoms with Gasteiger partial charge in [-0.2, -0.15) is 0 Å². The summed E-state index contributed by atoms with van der Waals surface area (Å²) in [5.74, 6) is 0.153. The van der Waals surface area contributed by atoms with Gasteiger partial charge in [0, 0.05) is 23.2 Å². The van der Waals surface area contributed by atoms with Crippen LogP contribution in [0.25, 0.3) is 22.0 Å². The Morgan fingerprint density at radius 3 is 2.58 bits per heavy atom. The molecular weight excluding hydrogens is 430 g/mol. The van der Waals surface area contributed by atoms with Crippen LogP contribution in [0.1, 0.15) is 55.5 Å². The Morgan fingerprint density at radius 2 is 1.94 bits per heavy atom. The van der Waals surface area contributed by atoms with Crippen LogP contribution in [0, 0.1) is 11.7 Å². The van der Waals surface area contributed by atoms with Gasteiger partial charge in [0.25, 0.3) is 0 Å². The number of hydrogen-bond acceptors (Lipinski definition) is 3. The zero-order valence-corrected chi connectivity index (χ0v) is 19.4. The number of carbonyl (C=O) groups excluding carboxylic acids is 1. The van der Waals surface area contributed by atoms with Crippen LogP contribution in [0.5, 0.6) is 0 Å². The van der Waals surface area contributed by atoms with Gasteiger partial charge in [-0.15, -0.1) is 8.86 Å². The lowest BCUT2D eigenvalue weighted by molar-refractivity contribution is 0.112. The Labute approximate surface area is 189 Å². The molecule has 1 aromatic heterocycles. The number of carbonyl (C=O) groups is 1. The number of aldehydes is 1. The maximum atomic E-state index is 14.4. The second-order valence-electron chi connectivity index (χ2n) is 8.48. The number of nitrogens with zero attached hydrogens (tertiary/aromatic N) is 1. The number of halogens is 2. The fourth-order valence-electron chi connectivity index (χ4n) is 4.28. The SMILES string of the molecule is CC(=P)c1cnc2ccc(-c3cc(F)c(C=O)c(Cl)c3)cc2c1NC1CCC(C)CC1. The number of rotatable bonds is 5. The zero-order chi connectivity index (χ0) is 22.1. The van der Waals surface area contributed by atoms with Crippen molar-refractivity contribution in [2.24, 2.45) is 5.92 Å². The van der Waals surface area contributed by atoms with Gasteiger partial charge < -0.3 is 5.32 Å². The van der Waals surface area contributed by atoms with Crippen molar-refractivity contribution in [2.45, 2.75) is 45.6 Å². The molecule has 160 valence electrons. The van der Waals surface area contributed by atoms with Crippen molar-refractivity contribution in [1.29, 1.82) is 0 Å². The third-order valence-corrected chi connectivity index (χ3v) is 6.75. The van der Waals surface area contributed by atoms with Gasteiger partial charge in [0.15, 0.2) is 6.29 Å². The van der Waals surface area contributed by atoms with Gasteiger partial charge in [0.2, 0.25) is 0 Å². The van der Waals surface area contributed by atoms with E-state index >= 15 is 0 Å². The number of aromatic nitrogens is 1. The lowest BCUT2D eigenvalue weighted by Gasteiger charge is -2.29. The molecule has 1 aliphatic carbocycles. The number of pyridine rings is 1. The average molecular weight is 455 g/mol. The van der Waals surface area contributed by atoms with E-state index in [1.807, 2.05) is 31.3 Å². The van der Waals surface area contributed by atoms with Crippen LogP contribution in [0.3, 0.4) is 0 Å². The first kappa shape index (κ1) is 21.9. The fourth-order valence-corrected chi connectivity index (χ4v) is 4.73. The molecule has 0 aliphatic heterocycles. The Hall–Kier alpha value is -2.29. The third kappa shape index (κ3) is 4.51. The molecule has 0 spiro atoms. The van der Waals surface area contributed by atoms with Crippen molar-refractivity contribution in [3.05, 3.63) is 58.5 Å². The Balaban J connectivity index is 1.82. The molecule has 1 N–H and O–H groups in total. The van der Waals surface area contributed by atoms with Crippen LogP contribution in [-0.2, 0) is 0 Å². The minimum absolute atomic E-state index is 0.107. The van der Waals surface area contributed by atoms with Crippen molar-refractivity contribution in [3.63, 3.8) is 0 Å². The minimum Gasteiger partial charge on any atom is -0.381 e. The van der Waals surface area contributed by atoms with Crippen molar-refractivity contribution in [2.75, 3.05) is 5.32 Å². The monoisotopic (exact) mass is 454 g/mol. The van der Waals surface area contributed by atoms with E-state index in [2.05, 4.69) is 26.1 Å². The molecular formula is C25H25ClFN2OP. The Morgan fingerprint density at radius 1 is 1.19 bits per heavy atom. The molecule has 3 nitrogen and oxygen atoms in total. The molecule has 1 saturated carbocycles. The number of fused-ring (bicyclic) bond motifs is 1. The molecule has 1 aliphatic rings. The Bertz CT molecular complexity index is 1150. The highest BCUT2D eigenvalue weighted by atomic mass is 35.5. The molecule has 31 heavy (non-hydrogen) atoms. The van der Waals surface area contributed by atoms with Crippen molar-refractivity contribution in [3.8, 4) is 11.1 Å². The first-order valence-electron chi connectivity index (χ1n) is 10.6. The van der Waals surface area contributed by atoms with Crippen LogP contribution in [-0.4, -0.2) is 22.6 Å². The van der Waals surface area contributed by atoms with E-state index in [1.165, 1.54) is 18.9 Å². The van der Waals surface area contributed by atoms with Crippen molar-refractivity contribution >= 4 is 48.6 Å². The van der Waals surface area contributed by atoms with E-state index in [0.29, 0.717) is 17.9 Å². The van der Waals surface area contributed by atoms with Gasteiger partial charge in [-0.3, -0.25) is 9.78 Å². The maximum absolute atomic E-state index is 14.4. The van der Waals surface area contributed by atoms with Gasteiger partial charge in [0.05, 0.1) is 21.8 Å². The summed E-state index contributed by atoms with van der Waals surface area (Å²) in [6.45, 7) is 4.32. The first-order chi connectivity index (χ1) is 14.9. The predicted octanol–water partition coefficient (Wildman–Crippen LogP) is 7.18. The van der Waals surface area contributed by atoms with Crippen molar-refractivity contribution < 1.29 is 9.18 Å². The lowest BCUT2D eigenvalue weighted by Crippen LogP contribution is -2.26. The van der Waals surface area contributed by atoms with Crippen molar-refractivity contribution in [1.82, 2.24) is 4.98 Å². The van der Waals surface area contributed by atoms with E-state index in [0.717, 1.165) is 51.8 Å². The summed E-state index contributed by atoms with van der Waals surface area (Å²) in [6.07, 6.45) is 7.04. The van der Waals surface area contributed by atoms with Gasteiger partial charge in [-0.1, -0.05) is 24.6 Å². The standard InChI is InChI=1S/C25H25ClFN2OP/c1-14-3-6-18(7-4-14)29-25-19-9-16(5-8-24(19)28-12-20(25)15(2)31)17-10-22(26)21(13-30)23(27)11-17/h5,8-14,18,31H,3-4,6-7H2,1-2H3,(H,28,29). The zero-order valence-electron chi connectivity index (χ0n) is 17.6. The van der Waals surface area contributed by atoms with Crippen LogP contribution in [0.4, 0.5) is 10.1 Å². The van der Waals surface area contributed by atoms with E-state index in [-0.39, 0.29) is 10.6 Å². The van der Waals surface area contributed by atoms with Gasteiger partial charge in [-0.25, -0.2) is 4.39 Å². The second kappa shape index (κ2) is 9.06. The van der Waals surface area contributed by atoms with Crippen LogP contribution in [0.15, 0.2) is 36.5 Å². The van der Waals surface area contributed by atoms with Gasteiger partial charge in [-0.05, 0) is 79.2 Å². The molecule has 0 radical (unpaired) electrons. The molecule has 0 unspecified atom stereocenters. The molecule has 0 bridgehead atoms. The first-order valence-corrected chi connectivity index (χ1v) is 11.4. The van der Waals surface area contributed by atoms with Crippen LogP contribution < -0.4 is 5.32 Å². The van der Waals surface area contributed by atoms with Crippen LogP contribution >= 0.6 is 20.5 Å². The number of nitrogens with one attached hydrogen (secondary N) is 1. The molecule has 1 fully saturated rings. The number of hydrogen-bond donors (Lipinski definition) is 1. The smallest absolute Gasteiger partial charge is 0.154 e. The summed E-state index contributed by atoms with van der Waals surface area (Å²) in [4.78, 5) is 15.7. The molecule has 3 aromatic rings. The highest BCUT2D eigenvalue weighted by molar-refractivity contribution is 7.22. The van der Waals surface area contributed by atoms with E-state index in [4.69, 9.17) is 11.6 Å². The number of anilines is 1. The third-order valence-electron chi connectivity index (χ3n) is 6.17. The summed E-state index contributed by atoms with van der Waals surface area (Å²) in [6, 6.07) is 9.24. The predicted molar refractivity (Wildman–Crippen MR) is 131 cm³/mol. The van der Waals surface area contributed by atoms with Gasteiger partial charge >= 0.3 is 0 Å². The molecule has 0 atom stereocenters. The molecule has 2 aromatic carbocycles. The summed E-state index contributed by atoms with van der Waals surface area (Å²) in [7, 11) is 3.69. The summed E-state index contributed by atoms with van der Waals surface area (Å²) in [5.41, 5.74) is 4.24. The molecule has 0 saturated heterocycles. The minimum atomic E-state index is -0.622. The lowest BCUT2D eigenvalue weighted by atomic mass is 9.87. The fraction of sp³-hybridized carbons (Fsp3) is 0.320. The quantitative estimate of drug-likeness (QED) is 0.328. The topological polar surface area (TPSA) is 42.0 Å². The molecule has 4 rings (SSSR count). The Kier molecular flexibility index (Phi) is 6.41. The number of benzene rings is 2. The second-order valence-corrected chi connectivity index (χ2v) is 9.63. The summed E-state index contributed by atoms with van der Waals surface area (Å²) >= 11 is 6.14. The largest absolute Gasteiger partial charge is 0.381 e. The highest BCUT2D eigenvalue weighted by Crippen LogP contribution is 2.35. The van der Waals surface area contributed by atoms with Gasteiger partial charge in [0.1, 0.15) is 5.82 Å². The van der Waals surface area contributed by atoms with Crippen LogP contribution in [0.2, 0.25) is 5.02 Å². The molecule has 6 heteroatoms. The van der Waals surface area contributed by atoms with E-state index in [9.17, 15) is 9.18 Å². The van der Waals surface area contributed by atoms with E-state index in [1.54, 1.807) is 6.07 Å². The normalized spacial score (nSPS) is 18.7. The van der Waals surface area contributed by atoms with E-state index < -0.39 is 5.82 Å².